The van der Waals surface area contributed by atoms with Gasteiger partial charge in [-0.15, -0.1) is 0 Å². The monoisotopic (exact) mass is 378 g/mol. The van der Waals surface area contributed by atoms with Crippen molar-refractivity contribution in [3.63, 3.8) is 0 Å². The van der Waals surface area contributed by atoms with E-state index in [1.54, 1.807) is 14.0 Å². The molecule has 1 amide bonds. The molecule has 0 aliphatic heterocycles. The Balaban J connectivity index is 1.64. The lowest BCUT2D eigenvalue weighted by atomic mass is 10.0. The van der Waals surface area contributed by atoms with E-state index in [0.29, 0.717) is 17.0 Å². The normalized spacial score (nSPS) is 10.5. The Morgan fingerprint density at radius 1 is 1.04 bits per heavy atom. The molecule has 0 aliphatic carbocycles. The number of aryl methyl sites for hydroxylation is 2. The van der Waals surface area contributed by atoms with E-state index in [-0.39, 0.29) is 19.1 Å². The summed E-state index contributed by atoms with van der Waals surface area (Å²) in [4.78, 5) is 29.1. The van der Waals surface area contributed by atoms with Crippen LogP contribution in [0.15, 0.2) is 48.5 Å². The molecule has 0 saturated heterocycles. The molecule has 1 N–H and O–H groups in total. The lowest BCUT2D eigenvalue weighted by Crippen LogP contribution is -2.28. The molecular formula is C22H22N2O4. The molecule has 3 rings (SSSR count). The number of benzene rings is 2. The van der Waals surface area contributed by atoms with Gasteiger partial charge in [0, 0.05) is 17.5 Å². The minimum absolute atomic E-state index is 0.288. The second-order valence-corrected chi connectivity index (χ2v) is 6.38. The van der Waals surface area contributed by atoms with Crippen LogP contribution < -0.4 is 10.1 Å². The van der Waals surface area contributed by atoms with Gasteiger partial charge in [0.05, 0.1) is 23.9 Å². The van der Waals surface area contributed by atoms with Gasteiger partial charge < -0.3 is 14.8 Å². The SMILES string of the molecule is COc1ccccc1CNC(=O)COC(=O)c1c(C)nc2ccccc2c1C. The quantitative estimate of drug-likeness (QED) is 0.666. The van der Waals surface area contributed by atoms with Crippen LogP contribution in [-0.2, 0) is 16.1 Å². The molecule has 6 heteroatoms. The fourth-order valence-electron chi connectivity index (χ4n) is 3.13. The minimum Gasteiger partial charge on any atom is -0.496 e. The lowest BCUT2D eigenvalue weighted by Gasteiger charge is -2.12. The van der Waals surface area contributed by atoms with Crippen LogP contribution in [0.5, 0.6) is 5.75 Å². The minimum atomic E-state index is -0.555. The molecule has 28 heavy (non-hydrogen) atoms. The van der Waals surface area contributed by atoms with E-state index in [1.165, 1.54) is 0 Å². The van der Waals surface area contributed by atoms with Crippen molar-refractivity contribution in [3.8, 4) is 5.75 Å². The number of nitrogens with zero attached hydrogens (tertiary/aromatic N) is 1. The predicted molar refractivity (Wildman–Crippen MR) is 106 cm³/mol. The van der Waals surface area contributed by atoms with Gasteiger partial charge in [-0.05, 0) is 31.5 Å². The highest BCUT2D eigenvalue weighted by molar-refractivity contribution is 5.99. The van der Waals surface area contributed by atoms with Gasteiger partial charge in [-0.3, -0.25) is 9.78 Å². The number of carbonyl (C=O) groups is 2. The molecule has 0 unspecified atom stereocenters. The van der Waals surface area contributed by atoms with Crippen molar-refractivity contribution in [1.29, 1.82) is 0 Å². The highest BCUT2D eigenvalue weighted by Gasteiger charge is 2.18. The molecular weight excluding hydrogens is 356 g/mol. The first-order valence-electron chi connectivity index (χ1n) is 8.93. The zero-order valence-electron chi connectivity index (χ0n) is 16.1. The Bertz CT molecular complexity index is 1030. The number of rotatable bonds is 6. The molecule has 6 nitrogen and oxygen atoms in total. The van der Waals surface area contributed by atoms with E-state index in [0.717, 1.165) is 22.0 Å². The maximum Gasteiger partial charge on any atom is 0.340 e. The summed E-state index contributed by atoms with van der Waals surface area (Å²) in [6.45, 7) is 3.54. The van der Waals surface area contributed by atoms with Crippen molar-refractivity contribution in [2.45, 2.75) is 20.4 Å². The smallest absolute Gasteiger partial charge is 0.340 e. The van der Waals surface area contributed by atoms with Gasteiger partial charge in [0.2, 0.25) is 0 Å². The lowest BCUT2D eigenvalue weighted by molar-refractivity contribution is -0.124. The highest BCUT2D eigenvalue weighted by atomic mass is 16.5. The van der Waals surface area contributed by atoms with E-state index in [1.807, 2.05) is 55.5 Å². The number of amides is 1. The van der Waals surface area contributed by atoms with E-state index >= 15 is 0 Å². The van der Waals surface area contributed by atoms with Crippen molar-refractivity contribution < 1.29 is 19.1 Å². The molecule has 0 radical (unpaired) electrons. The molecule has 144 valence electrons. The molecule has 3 aromatic rings. The number of hydrogen-bond donors (Lipinski definition) is 1. The number of methoxy groups -OCH3 is 1. The molecule has 0 atom stereocenters. The van der Waals surface area contributed by atoms with Gasteiger partial charge in [0.25, 0.3) is 5.91 Å². The second kappa shape index (κ2) is 8.52. The summed E-state index contributed by atoms with van der Waals surface area (Å²) in [5.41, 5.74) is 3.44. The number of hydrogen-bond acceptors (Lipinski definition) is 5. The molecule has 2 aromatic carbocycles. The third-order valence-electron chi connectivity index (χ3n) is 4.54. The fraction of sp³-hybridized carbons (Fsp3) is 0.227. The number of nitrogens with one attached hydrogen (secondary N) is 1. The molecule has 0 aliphatic rings. The largest absolute Gasteiger partial charge is 0.496 e. The number of para-hydroxylation sites is 2. The maximum absolute atomic E-state index is 12.5. The number of pyridine rings is 1. The van der Waals surface area contributed by atoms with E-state index in [2.05, 4.69) is 10.3 Å². The zero-order valence-corrected chi connectivity index (χ0v) is 16.1. The average Bonchev–Trinajstić information content (AvgIpc) is 2.71. The van der Waals surface area contributed by atoms with Crippen LogP contribution in [0.4, 0.5) is 0 Å². The summed E-state index contributed by atoms with van der Waals surface area (Å²) in [7, 11) is 1.57. The standard InChI is InChI=1S/C22H22N2O4/c1-14-17-9-5-6-10-18(17)24-15(2)21(14)22(26)28-13-20(25)23-12-16-8-4-7-11-19(16)27-3/h4-11H,12-13H2,1-3H3,(H,23,25). The van der Waals surface area contributed by atoms with Crippen LogP contribution in [0.2, 0.25) is 0 Å². The van der Waals surface area contributed by atoms with Crippen molar-refractivity contribution in [3.05, 3.63) is 70.9 Å². The molecule has 0 bridgehead atoms. The number of carbonyl (C=O) groups excluding carboxylic acids is 2. The second-order valence-electron chi connectivity index (χ2n) is 6.38. The van der Waals surface area contributed by atoms with Crippen molar-refractivity contribution in [1.82, 2.24) is 10.3 Å². The number of aromatic nitrogens is 1. The molecule has 1 aromatic heterocycles. The third kappa shape index (κ3) is 4.11. The third-order valence-corrected chi connectivity index (χ3v) is 4.54. The van der Waals surface area contributed by atoms with Crippen LogP contribution in [0, 0.1) is 13.8 Å². The van der Waals surface area contributed by atoms with Crippen LogP contribution in [0.1, 0.15) is 27.2 Å². The maximum atomic E-state index is 12.5. The van der Waals surface area contributed by atoms with Crippen LogP contribution in [-0.4, -0.2) is 30.6 Å². The molecule has 0 saturated carbocycles. The Hall–Kier alpha value is -3.41. The Morgan fingerprint density at radius 3 is 2.54 bits per heavy atom. The van der Waals surface area contributed by atoms with Gasteiger partial charge >= 0.3 is 5.97 Å². The first-order valence-corrected chi connectivity index (χ1v) is 8.93. The molecule has 0 fully saturated rings. The number of fused-ring (bicyclic) bond motifs is 1. The molecule has 1 heterocycles. The Kier molecular flexibility index (Phi) is 5.89. The highest BCUT2D eigenvalue weighted by Crippen LogP contribution is 2.23. The van der Waals surface area contributed by atoms with Gasteiger partial charge in [-0.1, -0.05) is 36.4 Å². The fourth-order valence-corrected chi connectivity index (χ4v) is 3.13. The van der Waals surface area contributed by atoms with Crippen molar-refractivity contribution in [2.24, 2.45) is 0 Å². The van der Waals surface area contributed by atoms with Gasteiger partial charge in [-0.2, -0.15) is 0 Å². The van der Waals surface area contributed by atoms with Gasteiger partial charge in [0.1, 0.15) is 5.75 Å². The van der Waals surface area contributed by atoms with Crippen LogP contribution >= 0.6 is 0 Å². The summed E-state index contributed by atoms with van der Waals surface area (Å²) in [5.74, 6) is -0.253. The topological polar surface area (TPSA) is 77.5 Å². The average molecular weight is 378 g/mol. The van der Waals surface area contributed by atoms with E-state index < -0.39 is 5.97 Å². The Labute approximate surface area is 163 Å². The summed E-state index contributed by atoms with van der Waals surface area (Å²) in [6, 6.07) is 15.0. The number of ether oxygens (including phenoxy) is 2. The summed E-state index contributed by atoms with van der Waals surface area (Å²) < 4.78 is 10.5. The van der Waals surface area contributed by atoms with E-state index in [4.69, 9.17) is 9.47 Å². The van der Waals surface area contributed by atoms with Crippen LogP contribution in [0.3, 0.4) is 0 Å². The molecule has 0 spiro atoms. The van der Waals surface area contributed by atoms with Crippen molar-refractivity contribution >= 4 is 22.8 Å². The number of esters is 1. The zero-order chi connectivity index (χ0) is 20.1. The van der Waals surface area contributed by atoms with Crippen LogP contribution in [0.25, 0.3) is 10.9 Å². The summed E-state index contributed by atoms with van der Waals surface area (Å²) >= 11 is 0. The van der Waals surface area contributed by atoms with Crippen molar-refractivity contribution in [2.75, 3.05) is 13.7 Å². The summed E-state index contributed by atoms with van der Waals surface area (Å²) in [5, 5.41) is 3.62. The Morgan fingerprint density at radius 2 is 1.75 bits per heavy atom. The summed E-state index contributed by atoms with van der Waals surface area (Å²) in [6.07, 6.45) is 0. The van der Waals surface area contributed by atoms with E-state index in [9.17, 15) is 9.59 Å². The van der Waals surface area contributed by atoms with Gasteiger partial charge in [-0.25, -0.2) is 4.79 Å². The first-order chi connectivity index (χ1) is 13.5. The first kappa shape index (κ1) is 19.4. The predicted octanol–water partition coefficient (Wildman–Crippen LogP) is 3.33. The van der Waals surface area contributed by atoms with Gasteiger partial charge in [0.15, 0.2) is 6.61 Å².